The van der Waals surface area contributed by atoms with E-state index in [9.17, 15) is 0 Å². The molecule has 2 saturated heterocycles. The van der Waals surface area contributed by atoms with Crippen molar-refractivity contribution in [2.24, 2.45) is 5.92 Å². The molecular formula is C14H19N5O. The number of aryl methyl sites for hydroxylation is 1. The molecule has 0 aliphatic carbocycles. The van der Waals surface area contributed by atoms with Gasteiger partial charge in [-0.25, -0.2) is 0 Å². The topological polar surface area (TPSA) is 70.0 Å². The summed E-state index contributed by atoms with van der Waals surface area (Å²) >= 11 is 0. The number of nitrogens with one attached hydrogen (secondary N) is 2. The zero-order valence-electron chi connectivity index (χ0n) is 11.6. The second-order valence-electron chi connectivity index (χ2n) is 5.78. The molecule has 6 nitrogen and oxygen atoms in total. The van der Waals surface area contributed by atoms with E-state index >= 15 is 0 Å². The van der Waals surface area contributed by atoms with Crippen LogP contribution in [0.2, 0.25) is 0 Å². The summed E-state index contributed by atoms with van der Waals surface area (Å²) in [6.07, 6.45) is 4.27. The van der Waals surface area contributed by atoms with Crippen molar-refractivity contribution < 1.29 is 4.42 Å². The van der Waals surface area contributed by atoms with E-state index in [4.69, 9.17) is 4.42 Å². The Balaban J connectivity index is 1.55. The summed E-state index contributed by atoms with van der Waals surface area (Å²) in [5.74, 6) is 3.01. The molecule has 2 fully saturated rings. The SMILES string of the molecule is Cc1ccoc1-c1nc(N2CC3CCCNC3C2)n[nH]1. The van der Waals surface area contributed by atoms with Crippen LogP contribution < -0.4 is 10.2 Å². The predicted molar refractivity (Wildman–Crippen MR) is 75.5 cm³/mol. The lowest BCUT2D eigenvalue weighted by Gasteiger charge is -2.24. The van der Waals surface area contributed by atoms with E-state index < -0.39 is 0 Å². The largest absolute Gasteiger partial charge is 0.461 e. The Morgan fingerprint density at radius 2 is 2.35 bits per heavy atom. The van der Waals surface area contributed by atoms with Gasteiger partial charge in [0.1, 0.15) is 0 Å². The monoisotopic (exact) mass is 273 g/mol. The first-order valence-corrected chi connectivity index (χ1v) is 7.26. The zero-order chi connectivity index (χ0) is 13.5. The highest BCUT2D eigenvalue weighted by atomic mass is 16.3. The van der Waals surface area contributed by atoms with Crippen molar-refractivity contribution in [3.8, 4) is 11.6 Å². The maximum Gasteiger partial charge on any atom is 0.245 e. The van der Waals surface area contributed by atoms with Gasteiger partial charge < -0.3 is 14.6 Å². The number of H-pyrrole nitrogens is 1. The van der Waals surface area contributed by atoms with E-state index in [0.29, 0.717) is 11.9 Å². The molecule has 0 radical (unpaired) electrons. The quantitative estimate of drug-likeness (QED) is 0.869. The predicted octanol–water partition coefficient (Wildman–Crippen LogP) is 1.56. The molecule has 4 heterocycles. The number of aromatic amines is 1. The molecule has 0 amide bonds. The van der Waals surface area contributed by atoms with Gasteiger partial charge in [0.05, 0.1) is 6.26 Å². The molecule has 2 unspecified atom stereocenters. The average Bonchev–Trinajstić information content (AvgIpc) is 3.15. The Kier molecular flexibility index (Phi) is 2.77. The van der Waals surface area contributed by atoms with Crippen LogP contribution in [0.1, 0.15) is 18.4 Å². The normalized spacial score (nSPS) is 25.9. The molecule has 6 heteroatoms. The fourth-order valence-electron chi connectivity index (χ4n) is 3.32. The van der Waals surface area contributed by atoms with Crippen LogP contribution >= 0.6 is 0 Å². The van der Waals surface area contributed by atoms with E-state index in [1.165, 1.54) is 12.8 Å². The maximum atomic E-state index is 5.46. The second kappa shape index (κ2) is 4.63. The first kappa shape index (κ1) is 12.0. The summed E-state index contributed by atoms with van der Waals surface area (Å²) in [6.45, 7) is 5.19. The maximum absolute atomic E-state index is 5.46. The van der Waals surface area contributed by atoms with Crippen LogP contribution in [0.3, 0.4) is 0 Å². The van der Waals surface area contributed by atoms with Crippen LogP contribution in [0.5, 0.6) is 0 Å². The Bertz CT molecular complexity index is 590. The molecule has 106 valence electrons. The third-order valence-electron chi connectivity index (χ3n) is 4.43. The number of hydrogen-bond donors (Lipinski definition) is 2. The minimum absolute atomic E-state index is 0.594. The zero-order valence-corrected chi connectivity index (χ0v) is 11.6. The highest BCUT2D eigenvalue weighted by Gasteiger charge is 2.35. The number of fused-ring (bicyclic) bond motifs is 1. The molecule has 0 saturated carbocycles. The van der Waals surface area contributed by atoms with Crippen LogP contribution in [-0.2, 0) is 0 Å². The van der Waals surface area contributed by atoms with Crippen molar-refractivity contribution in [3.63, 3.8) is 0 Å². The first-order chi connectivity index (χ1) is 9.81. The fourth-order valence-corrected chi connectivity index (χ4v) is 3.32. The third kappa shape index (κ3) is 1.91. The Labute approximate surface area is 117 Å². The van der Waals surface area contributed by atoms with E-state index in [0.717, 1.165) is 42.8 Å². The van der Waals surface area contributed by atoms with Crippen LogP contribution in [-0.4, -0.2) is 40.9 Å². The molecular weight excluding hydrogens is 254 g/mol. The number of piperidine rings is 1. The van der Waals surface area contributed by atoms with Crippen molar-refractivity contribution >= 4 is 5.95 Å². The summed E-state index contributed by atoms with van der Waals surface area (Å²) in [7, 11) is 0. The minimum atomic E-state index is 0.594. The van der Waals surface area contributed by atoms with Gasteiger partial charge >= 0.3 is 0 Å². The van der Waals surface area contributed by atoms with E-state index in [1.807, 2.05) is 13.0 Å². The molecule has 2 aromatic rings. The minimum Gasteiger partial charge on any atom is -0.461 e. The van der Waals surface area contributed by atoms with Crippen molar-refractivity contribution in [1.29, 1.82) is 0 Å². The number of anilines is 1. The van der Waals surface area contributed by atoms with Gasteiger partial charge in [0.15, 0.2) is 11.6 Å². The van der Waals surface area contributed by atoms with Gasteiger partial charge in [-0.15, -0.1) is 5.10 Å². The number of nitrogens with zero attached hydrogens (tertiary/aromatic N) is 3. The lowest BCUT2D eigenvalue weighted by molar-refractivity contribution is 0.340. The van der Waals surface area contributed by atoms with Crippen LogP contribution in [0.4, 0.5) is 5.95 Å². The fraction of sp³-hybridized carbons (Fsp3) is 0.571. The van der Waals surface area contributed by atoms with Gasteiger partial charge in [0, 0.05) is 19.1 Å². The molecule has 20 heavy (non-hydrogen) atoms. The van der Waals surface area contributed by atoms with Gasteiger partial charge in [0.2, 0.25) is 5.95 Å². The number of hydrogen-bond acceptors (Lipinski definition) is 5. The van der Waals surface area contributed by atoms with Crippen molar-refractivity contribution in [3.05, 3.63) is 17.9 Å². The molecule has 2 aliphatic rings. The van der Waals surface area contributed by atoms with Crippen molar-refractivity contribution in [2.75, 3.05) is 24.5 Å². The summed E-state index contributed by atoms with van der Waals surface area (Å²) in [4.78, 5) is 6.86. The Morgan fingerprint density at radius 1 is 1.40 bits per heavy atom. The lowest BCUT2D eigenvalue weighted by atomic mass is 9.94. The van der Waals surface area contributed by atoms with Crippen molar-refractivity contribution in [2.45, 2.75) is 25.8 Å². The van der Waals surface area contributed by atoms with E-state index in [-0.39, 0.29) is 0 Å². The number of rotatable bonds is 2. The summed E-state index contributed by atoms with van der Waals surface area (Å²) in [5.41, 5.74) is 1.07. The van der Waals surface area contributed by atoms with Crippen LogP contribution in [0.15, 0.2) is 16.7 Å². The Hall–Kier alpha value is -1.82. The molecule has 2 aromatic heterocycles. The van der Waals surface area contributed by atoms with Gasteiger partial charge in [-0.1, -0.05) is 0 Å². The number of aromatic nitrogens is 3. The van der Waals surface area contributed by atoms with Crippen molar-refractivity contribution in [1.82, 2.24) is 20.5 Å². The van der Waals surface area contributed by atoms with E-state index in [1.54, 1.807) is 6.26 Å². The van der Waals surface area contributed by atoms with Crippen LogP contribution in [0.25, 0.3) is 11.6 Å². The molecule has 0 spiro atoms. The molecule has 4 rings (SSSR count). The van der Waals surface area contributed by atoms with Gasteiger partial charge in [-0.3, -0.25) is 5.10 Å². The van der Waals surface area contributed by atoms with Gasteiger partial charge in [0.25, 0.3) is 0 Å². The van der Waals surface area contributed by atoms with Crippen LogP contribution in [0, 0.1) is 12.8 Å². The molecule has 2 N–H and O–H groups in total. The summed E-state index contributed by atoms with van der Waals surface area (Å²) in [5, 5.41) is 10.9. The second-order valence-corrected chi connectivity index (χ2v) is 5.78. The summed E-state index contributed by atoms with van der Waals surface area (Å²) < 4.78 is 5.46. The molecule has 2 aliphatic heterocycles. The smallest absolute Gasteiger partial charge is 0.245 e. The molecule has 0 aromatic carbocycles. The first-order valence-electron chi connectivity index (χ1n) is 7.26. The lowest BCUT2D eigenvalue weighted by Crippen LogP contribution is -2.40. The van der Waals surface area contributed by atoms with Gasteiger partial charge in [-0.05, 0) is 43.9 Å². The average molecular weight is 273 g/mol. The summed E-state index contributed by atoms with van der Waals surface area (Å²) in [6, 6.07) is 2.53. The third-order valence-corrected chi connectivity index (χ3v) is 4.43. The highest BCUT2D eigenvalue weighted by molar-refractivity contribution is 5.54. The van der Waals surface area contributed by atoms with E-state index in [2.05, 4.69) is 25.4 Å². The molecule has 0 bridgehead atoms. The number of furan rings is 1. The van der Waals surface area contributed by atoms with Gasteiger partial charge in [-0.2, -0.15) is 4.98 Å². The standard InChI is InChI=1S/C14H19N5O/c1-9-4-6-20-12(9)13-16-14(18-17-13)19-7-10-3-2-5-15-11(10)8-19/h4,6,10-11,15H,2-3,5,7-8H2,1H3,(H,16,17,18). The molecule has 2 atom stereocenters. The Morgan fingerprint density at radius 3 is 3.15 bits per heavy atom. The highest BCUT2D eigenvalue weighted by Crippen LogP contribution is 2.28.